The molecule has 8 nitrogen and oxygen atoms in total. The Morgan fingerprint density at radius 1 is 1.11 bits per heavy atom. The number of hydrogen-bond donors (Lipinski definition) is 1. The topological polar surface area (TPSA) is 81.0 Å². The highest BCUT2D eigenvalue weighted by atomic mass is 19.1. The summed E-state index contributed by atoms with van der Waals surface area (Å²) < 4.78 is 36.7. The third-order valence-electron chi connectivity index (χ3n) is 6.99. The van der Waals surface area contributed by atoms with Gasteiger partial charge in [-0.05, 0) is 38.0 Å². The average molecular weight is 492 g/mol. The van der Waals surface area contributed by atoms with Crippen molar-refractivity contribution in [3.05, 3.63) is 65.1 Å². The summed E-state index contributed by atoms with van der Waals surface area (Å²) in [7, 11) is 0. The van der Waals surface area contributed by atoms with Gasteiger partial charge in [0.05, 0.1) is 25.0 Å². The molecule has 3 aromatic heterocycles. The maximum atomic E-state index is 15.4. The molecule has 2 saturated heterocycles. The third-order valence-corrected chi connectivity index (χ3v) is 6.99. The molecule has 1 aromatic carbocycles. The second kappa shape index (κ2) is 9.18. The quantitative estimate of drug-likeness (QED) is 0.424. The number of halogens is 2. The van der Waals surface area contributed by atoms with E-state index in [1.165, 1.54) is 12.3 Å². The number of nitrogens with zero attached hydrogens (tertiary/aromatic N) is 6. The molecule has 0 radical (unpaired) electrons. The SMILES string of the molecule is CCOc1nc(C)c2nc(-c3cncc(F)c3)n(Cc3ccc(CN4CC5CC4CN5)cc3F)c2n1. The van der Waals surface area contributed by atoms with Crippen molar-refractivity contribution in [1.29, 1.82) is 0 Å². The molecule has 36 heavy (non-hydrogen) atoms. The van der Waals surface area contributed by atoms with Crippen molar-refractivity contribution in [3.63, 3.8) is 0 Å². The Morgan fingerprint density at radius 3 is 2.72 bits per heavy atom. The van der Waals surface area contributed by atoms with Gasteiger partial charge in [0.2, 0.25) is 0 Å². The zero-order valence-corrected chi connectivity index (χ0v) is 20.2. The van der Waals surface area contributed by atoms with Gasteiger partial charge in [0, 0.05) is 49.0 Å². The van der Waals surface area contributed by atoms with E-state index in [1.54, 1.807) is 10.6 Å². The number of imidazole rings is 1. The van der Waals surface area contributed by atoms with Crippen LogP contribution >= 0.6 is 0 Å². The maximum Gasteiger partial charge on any atom is 0.318 e. The Hall–Kier alpha value is -3.50. The number of fused-ring (bicyclic) bond motifs is 3. The summed E-state index contributed by atoms with van der Waals surface area (Å²) in [5.41, 5.74) is 3.58. The Labute approximate surface area is 207 Å². The van der Waals surface area contributed by atoms with Gasteiger partial charge >= 0.3 is 6.01 Å². The number of hydrogen-bond acceptors (Lipinski definition) is 7. The summed E-state index contributed by atoms with van der Waals surface area (Å²) in [4.78, 5) is 20.0. The van der Waals surface area contributed by atoms with Crippen LogP contribution in [0.2, 0.25) is 0 Å². The van der Waals surface area contributed by atoms with E-state index in [2.05, 4.69) is 25.2 Å². The lowest BCUT2D eigenvalue weighted by molar-refractivity contribution is 0.217. The number of likely N-dealkylation sites (tertiary alicyclic amines) is 1. The van der Waals surface area contributed by atoms with Crippen LogP contribution in [0.1, 0.15) is 30.2 Å². The Morgan fingerprint density at radius 2 is 2.00 bits per heavy atom. The van der Waals surface area contributed by atoms with Crippen molar-refractivity contribution in [3.8, 4) is 17.4 Å². The zero-order chi connectivity index (χ0) is 24.8. The maximum absolute atomic E-state index is 15.4. The first-order valence-corrected chi connectivity index (χ1v) is 12.2. The van der Waals surface area contributed by atoms with Crippen LogP contribution in [0, 0.1) is 18.6 Å². The minimum Gasteiger partial charge on any atom is -0.464 e. The highest BCUT2D eigenvalue weighted by Gasteiger charge is 2.37. The van der Waals surface area contributed by atoms with Gasteiger partial charge in [-0.3, -0.25) is 9.88 Å². The predicted molar refractivity (Wildman–Crippen MR) is 131 cm³/mol. The van der Waals surface area contributed by atoms with Crippen LogP contribution in [-0.2, 0) is 13.1 Å². The molecule has 2 aliphatic rings. The predicted octanol–water partition coefficient (Wildman–Crippen LogP) is 3.47. The number of pyridine rings is 1. The van der Waals surface area contributed by atoms with Crippen molar-refractivity contribution < 1.29 is 13.5 Å². The molecule has 1 N–H and O–H groups in total. The molecular formula is C26H27F2N7O. The van der Waals surface area contributed by atoms with E-state index in [0.717, 1.165) is 37.8 Å². The molecule has 0 saturated carbocycles. The van der Waals surface area contributed by atoms with Crippen molar-refractivity contribution in [2.45, 2.75) is 45.4 Å². The van der Waals surface area contributed by atoms with E-state index < -0.39 is 5.82 Å². The minimum absolute atomic E-state index is 0.162. The van der Waals surface area contributed by atoms with Crippen LogP contribution in [0.4, 0.5) is 8.78 Å². The van der Waals surface area contributed by atoms with Gasteiger partial charge < -0.3 is 14.6 Å². The summed E-state index contributed by atoms with van der Waals surface area (Å²) in [6.07, 6.45) is 3.83. The molecule has 5 heterocycles. The fourth-order valence-corrected chi connectivity index (χ4v) is 5.27. The number of piperazine rings is 1. The molecule has 0 spiro atoms. The Kier molecular flexibility index (Phi) is 5.85. The molecule has 6 rings (SSSR count). The Bertz CT molecular complexity index is 1440. The smallest absolute Gasteiger partial charge is 0.318 e. The lowest BCUT2D eigenvalue weighted by atomic mass is 10.1. The molecule has 0 amide bonds. The summed E-state index contributed by atoms with van der Waals surface area (Å²) in [6.45, 7) is 6.97. The first-order chi connectivity index (χ1) is 17.5. The van der Waals surface area contributed by atoms with E-state index in [4.69, 9.17) is 9.72 Å². The first kappa shape index (κ1) is 22.9. The molecule has 0 aliphatic carbocycles. The lowest BCUT2D eigenvalue weighted by Gasteiger charge is -2.27. The molecule has 2 aliphatic heterocycles. The second-order valence-corrected chi connectivity index (χ2v) is 9.46. The van der Waals surface area contributed by atoms with Crippen molar-refractivity contribution in [2.24, 2.45) is 0 Å². The van der Waals surface area contributed by atoms with Crippen molar-refractivity contribution in [1.82, 2.24) is 34.7 Å². The van der Waals surface area contributed by atoms with Crippen molar-refractivity contribution in [2.75, 3.05) is 19.7 Å². The summed E-state index contributed by atoms with van der Waals surface area (Å²) in [5.74, 6) is -0.339. The molecule has 2 atom stereocenters. The lowest BCUT2D eigenvalue weighted by Crippen LogP contribution is -2.42. The van der Waals surface area contributed by atoms with E-state index >= 15 is 4.39 Å². The van der Waals surface area contributed by atoms with Gasteiger partial charge in [-0.15, -0.1) is 0 Å². The molecule has 2 unspecified atom stereocenters. The van der Waals surface area contributed by atoms with Gasteiger partial charge in [0.25, 0.3) is 0 Å². The van der Waals surface area contributed by atoms with Gasteiger partial charge in [0.15, 0.2) is 5.65 Å². The van der Waals surface area contributed by atoms with Crippen molar-refractivity contribution >= 4 is 11.2 Å². The third kappa shape index (κ3) is 4.20. The summed E-state index contributed by atoms with van der Waals surface area (Å²) in [5, 5.41) is 3.50. The summed E-state index contributed by atoms with van der Waals surface area (Å²) in [6, 6.07) is 8.06. The number of aromatic nitrogens is 5. The molecule has 2 bridgehead atoms. The number of rotatable bonds is 7. The average Bonchev–Trinajstić information content (AvgIpc) is 3.56. The fraction of sp³-hybridized carbons (Fsp3) is 0.385. The van der Waals surface area contributed by atoms with Crippen LogP contribution in [0.3, 0.4) is 0 Å². The van der Waals surface area contributed by atoms with Crippen LogP contribution in [0.15, 0.2) is 36.7 Å². The summed E-state index contributed by atoms with van der Waals surface area (Å²) >= 11 is 0. The zero-order valence-electron chi connectivity index (χ0n) is 20.2. The largest absolute Gasteiger partial charge is 0.464 e. The molecule has 4 aromatic rings. The van der Waals surface area contributed by atoms with E-state index in [1.807, 2.05) is 26.0 Å². The highest BCUT2D eigenvalue weighted by Crippen LogP contribution is 2.29. The van der Waals surface area contributed by atoms with E-state index in [0.29, 0.717) is 52.5 Å². The van der Waals surface area contributed by atoms with Crippen LogP contribution < -0.4 is 10.1 Å². The fourth-order valence-electron chi connectivity index (χ4n) is 5.27. The monoisotopic (exact) mass is 491 g/mol. The van der Waals surface area contributed by atoms with Gasteiger partial charge in [-0.25, -0.2) is 13.8 Å². The molecule has 186 valence electrons. The first-order valence-electron chi connectivity index (χ1n) is 12.2. The number of aryl methyl sites for hydroxylation is 1. The standard InChI is InChI=1S/C26H27F2N7O/c1-3-36-26-31-15(2)23-25(33-26)35(24(32-23)18-7-19(27)10-29-9-18)13-17-5-4-16(6-22(17)28)12-34-14-20-8-21(34)11-30-20/h4-7,9-10,20-21,30H,3,8,11-14H2,1-2H3. The van der Waals surface area contributed by atoms with Gasteiger partial charge in [-0.1, -0.05) is 12.1 Å². The van der Waals surface area contributed by atoms with Crippen LogP contribution in [0.25, 0.3) is 22.6 Å². The van der Waals surface area contributed by atoms with Crippen LogP contribution in [-0.4, -0.2) is 61.2 Å². The number of benzene rings is 1. The van der Waals surface area contributed by atoms with Gasteiger partial charge in [-0.2, -0.15) is 9.97 Å². The van der Waals surface area contributed by atoms with E-state index in [-0.39, 0.29) is 18.4 Å². The molecule has 10 heteroatoms. The minimum atomic E-state index is -0.481. The second-order valence-electron chi connectivity index (χ2n) is 9.46. The highest BCUT2D eigenvalue weighted by molar-refractivity contribution is 5.79. The Balaban J connectivity index is 1.37. The van der Waals surface area contributed by atoms with Crippen LogP contribution in [0.5, 0.6) is 6.01 Å². The molecule has 2 fully saturated rings. The van der Waals surface area contributed by atoms with Gasteiger partial charge in [0.1, 0.15) is 23.0 Å². The number of ether oxygens (including phenoxy) is 1. The van der Waals surface area contributed by atoms with E-state index in [9.17, 15) is 4.39 Å². The number of nitrogens with one attached hydrogen (secondary N) is 1. The molecular weight excluding hydrogens is 464 g/mol. The normalized spacial score (nSPS) is 19.4.